The predicted molar refractivity (Wildman–Crippen MR) is 60.8 cm³/mol. The van der Waals surface area contributed by atoms with Gasteiger partial charge >= 0.3 is 0 Å². The Labute approximate surface area is 86.4 Å². The Morgan fingerprint density at radius 1 is 1.36 bits per heavy atom. The number of allylic oxidation sites excluding steroid dienone is 4. The average molecular weight is 189 g/mol. The highest BCUT2D eigenvalue weighted by atomic mass is 14.7. The zero-order chi connectivity index (χ0) is 9.97. The smallest absolute Gasteiger partial charge is 0.0143 e. The molecule has 0 heterocycles. The number of nitrogens with two attached hydrogens (primary N) is 1. The third-order valence-corrected chi connectivity index (χ3v) is 3.34. The molecule has 2 aliphatic rings. The lowest BCUT2D eigenvalue weighted by Gasteiger charge is -2.30. The van der Waals surface area contributed by atoms with Crippen molar-refractivity contribution in [2.75, 3.05) is 0 Å². The monoisotopic (exact) mass is 189 g/mol. The van der Waals surface area contributed by atoms with E-state index < -0.39 is 0 Å². The van der Waals surface area contributed by atoms with Crippen LogP contribution in [0.4, 0.5) is 0 Å². The van der Waals surface area contributed by atoms with E-state index in [2.05, 4.69) is 37.3 Å². The molecule has 2 rings (SSSR count). The lowest BCUT2D eigenvalue weighted by molar-refractivity contribution is 0.462. The van der Waals surface area contributed by atoms with Crippen LogP contribution in [0.1, 0.15) is 26.2 Å². The van der Waals surface area contributed by atoms with E-state index in [0.29, 0.717) is 17.9 Å². The molecule has 76 valence electrons. The molecule has 1 heteroatoms. The van der Waals surface area contributed by atoms with Gasteiger partial charge in [0.25, 0.3) is 0 Å². The largest absolute Gasteiger partial charge is 0.327 e. The van der Waals surface area contributed by atoms with Crippen LogP contribution < -0.4 is 5.73 Å². The quantitative estimate of drug-likeness (QED) is 0.631. The van der Waals surface area contributed by atoms with Crippen LogP contribution in [0.15, 0.2) is 36.0 Å². The van der Waals surface area contributed by atoms with Gasteiger partial charge in [-0.3, -0.25) is 0 Å². The van der Waals surface area contributed by atoms with Gasteiger partial charge in [0.15, 0.2) is 0 Å². The van der Waals surface area contributed by atoms with Gasteiger partial charge in [0.1, 0.15) is 0 Å². The Kier molecular flexibility index (Phi) is 2.87. The topological polar surface area (TPSA) is 26.0 Å². The second kappa shape index (κ2) is 4.14. The van der Waals surface area contributed by atoms with E-state index in [4.69, 9.17) is 5.73 Å². The first-order chi connectivity index (χ1) is 6.79. The number of hydrogen-bond acceptors (Lipinski definition) is 1. The molecule has 0 fully saturated rings. The van der Waals surface area contributed by atoms with Crippen LogP contribution in [0.3, 0.4) is 0 Å². The molecule has 3 atom stereocenters. The van der Waals surface area contributed by atoms with E-state index in [1.165, 1.54) is 12.0 Å². The number of rotatable bonds is 1. The summed E-state index contributed by atoms with van der Waals surface area (Å²) >= 11 is 0. The van der Waals surface area contributed by atoms with E-state index in [-0.39, 0.29) is 0 Å². The van der Waals surface area contributed by atoms with Crippen molar-refractivity contribution in [1.29, 1.82) is 0 Å². The van der Waals surface area contributed by atoms with Crippen LogP contribution in [0.2, 0.25) is 0 Å². The van der Waals surface area contributed by atoms with Crippen molar-refractivity contribution in [2.24, 2.45) is 17.6 Å². The van der Waals surface area contributed by atoms with Crippen LogP contribution in [0.25, 0.3) is 0 Å². The SMILES string of the molecule is CC1CC=CC=C1C1C=CCCC1N. The Morgan fingerprint density at radius 3 is 2.93 bits per heavy atom. The summed E-state index contributed by atoms with van der Waals surface area (Å²) in [4.78, 5) is 0. The van der Waals surface area contributed by atoms with E-state index in [1.54, 1.807) is 0 Å². The standard InChI is InChI=1S/C13H19N/c1-10-6-2-3-7-11(10)12-8-4-5-9-13(12)14/h2-4,7-8,10,12-13H,5-6,9,14H2,1H3. The molecule has 0 spiro atoms. The Balaban J connectivity index is 2.20. The van der Waals surface area contributed by atoms with Gasteiger partial charge in [-0.1, -0.05) is 42.9 Å². The van der Waals surface area contributed by atoms with Gasteiger partial charge in [0, 0.05) is 12.0 Å². The Bertz CT molecular complexity index is 286. The molecule has 0 saturated carbocycles. The molecular formula is C13H19N. The van der Waals surface area contributed by atoms with Gasteiger partial charge in [-0.05, 0) is 25.2 Å². The van der Waals surface area contributed by atoms with E-state index in [0.717, 1.165) is 12.8 Å². The third kappa shape index (κ3) is 1.83. The molecule has 1 nitrogen and oxygen atoms in total. The van der Waals surface area contributed by atoms with Crippen molar-refractivity contribution in [1.82, 2.24) is 0 Å². The van der Waals surface area contributed by atoms with Crippen molar-refractivity contribution in [2.45, 2.75) is 32.2 Å². The summed E-state index contributed by atoms with van der Waals surface area (Å²) in [5, 5.41) is 0. The fourth-order valence-electron chi connectivity index (χ4n) is 2.41. The van der Waals surface area contributed by atoms with Crippen molar-refractivity contribution >= 4 is 0 Å². The molecule has 2 N–H and O–H groups in total. The first-order valence-electron chi connectivity index (χ1n) is 5.58. The van der Waals surface area contributed by atoms with Crippen LogP contribution >= 0.6 is 0 Å². The van der Waals surface area contributed by atoms with Gasteiger partial charge in [0.05, 0.1) is 0 Å². The van der Waals surface area contributed by atoms with Crippen molar-refractivity contribution in [3.05, 3.63) is 36.0 Å². The summed E-state index contributed by atoms with van der Waals surface area (Å²) in [6.45, 7) is 2.30. The molecule has 0 aromatic carbocycles. The van der Waals surface area contributed by atoms with Gasteiger partial charge in [-0.2, -0.15) is 0 Å². The predicted octanol–water partition coefficient (Wildman–Crippen LogP) is 2.80. The van der Waals surface area contributed by atoms with Crippen molar-refractivity contribution in [3.63, 3.8) is 0 Å². The molecule has 0 bridgehead atoms. The molecular weight excluding hydrogens is 170 g/mol. The van der Waals surface area contributed by atoms with Crippen LogP contribution in [0.5, 0.6) is 0 Å². The second-order valence-electron chi connectivity index (χ2n) is 4.43. The molecule has 0 aliphatic heterocycles. The highest BCUT2D eigenvalue weighted by Gasteiger charge is 2.24. The summed E-state index contributed by atoms with van der Waals surface area (Å²) in [5.41, 5.74) is 7.68. The summed E-state index contributed by atoms with van der Waals surface area (Å²) in [6.07, 6.45) is 14.7. The van der Waals surface area contributed by atoms with E-state index >= 15 is 0 Å². The maximum Gasteiger partial charge on any atom is 0.0143 e. The normalized spacial score (nSPS) is 37.0. The van der Waals surface area contributed by atoms with Crippen LogP contribution in [-0.2, 0) is 0 Å². The van der Waals surface area contributed by atoms with Gasteiger partial charge in [-0.15, -0.1) is 0 Å². The molecule has 0 aromatic heterocycles. The summed E-state index contributed by atoms with van der Waals surface area (Å²) in [6, 6.07) is 0.334. The Hall–Kier alpha value is -0.820. The molecule has 0 saturated heterocycles. The molecule has 0 aromatic rings. The highest BCUT2D eigenvalue weighted by Crippen LogP contribution is 2.32. The minimum atomic E-state index is 0.334. The molecule has 3 unspecified atom stereocenters. The molecule has 14 heavy (non-hydrogen) atoms. The molecule has 2 aliphatic carbocycles. The lowest BCUT2D eigenvalue weighted by atomic mass is 9.77. The highest BCUT2D eigenvalue weighted by molar-refractivity contribution is 5.28. The summed E-state index contributed by atoms with van der Waals surface area (Å²) in [7, 11) is 0. The second-order valence-corrected chi connectivity index (χ2v) is 4.43. The van der Waals surface area contributed by atoms with Gasteiger partial charge in [0.2, 0.25) is 0 Å². The van der Waals surface area contributed by atoms with Crippen LogP contribution in [0, 0.1) is 11.8 Å². The zero-order valence-electron chi connectivity index (χ0n) is 8.82. The summed E-state index contributed by atoms with van der Waals surface area (Å²) < 4.78 is 0. The summed E-state index contributed by atoms with van der Waals surface area (Å²) in [5.74, 6) is 1.16. The van der Waals surface area contributed by atoms with E-state index in [9.17, 15) is 0 Å². The fraction of sp³-hybridized carbons (Fsp3) is 0.538. The zero-order valence-corrected chi connectivity index (χ0v) is 8.82. The minimum Gasteiger partial charge on any atom is -0.327 e. The Morgan fingerprint density at radius 2 is 2.21 bits per heavy atom. The van der Waals surface area contributed by atoms with Crippen molar-refractivity contribution < 1.29 is 0 Å². The molecule has 0 radical (unpaired) electrons. The van der Waals surface area contributed by atoms with Crippen LogP contribution in [-0.4, -0.2) is 6.04 Å². The molecule has 0 amide bonds. The average Bonchev–Trinajstić information content (AvgIpc) is 2.20. The first kappa shape index (κ1) is 9.72. The maximum atomic E-state index is 6.16. The minimum absolute atomic E-state index is 0.334. The first-order valence-corrected chi connectivity index (χ1v) is 5.58. The van der Waals surface area contributed by atoms with Crippen molar-refractivity contribution in [3.8, 4) is 0 Å². The van der Waals surface area contributed by atoms with E-state index in [1.807, 2.05) is 0 Å². The van der Waals surface area contributed by atoms with Gasteiger partial charge < -0.3 is 5.73 Å². The maximum absolute atomic E-state index is 6.16. The van der Waals surface area contributed by atoms with Gasteiger partial charge in [-0.25, -0.2) is 0 Å². The fourth-order valence-corrected chi connectivity index (χ4v) is 2.41. The number of hydrogen-bond donors (Lipinski definition) is 1. The third-order valence-electron chi connectivity index (χ3n) is 3.34. The lowest BCUT2D eigenvalue weighted by Crippen LogP contribution is -2.33.